The number of likely N-dealkylation sites (N-methyl/N-ethyl adjacent to an activating group) is 1. The second-order valence-electron chi connectivity index (χ2n) is 3.63. The van der Waals surface area contributed by atoms with Crippen LogP contribution in [0.4, 0.5) is 0 Å². The minimum absolute atomic E-state index is 0.0171. The second-order valence-corrected chi connectivity index (χ2v) is 4.61. The van der Waals surface area contributed by atoms with Crippen LogP contribution in [0.3, 0.4) is 0 Å². The number of hydrogen-bond donors (Lipinski definition) is 2. The molecule has 1 heterocycles. The lowest BCUT2D eigenvalue weighted by Crippen LogP contribution is -2.37. The van der Waals surface area contributed by atoms with E-state index in [4.69, 9.17) is 5.11 Å². The van der Waals surface area contributed by atoms with Crippen LogP contribution in [0.15, 0.2) is 0 Å². The monoisotopic (exact) mass is 246 g/mol. The highest BCUT2D eigenvalue weighted by Crippen LogP contribution is 2.08. The maximum absolute atomic E-state index is 11.3. The Morgan fingerprint density at radius 2 is 2.25 bits per heavy atom. The highest BCUT2D eigenvalue weighted by molar-refractivity contribution is 8.00. The molecule has 1 saturated heterocycles. The predicted molar refractivity (Wildman–Crippen MR) is 59.1 cm³/mol. The molecule has 7 heteroatoms. The number of carboxylic acid groups (broad SMARTS) is 1. The smallest absolute Gasteiger partial charge is 0.313 e. The number of thioether (sulfide) groups is 1. The molecule has 16 heavy (non-hydrogen) atoms. The lowest BCUT2D eigenvalue weighted by molar-refractivity contribution is -0.134. The predicted octanol–water partition coefficient (Wildman–Crippen LogP) is -0.849. The van der Waals surface area contributed by atoms with Crippen molar-refractivity contribution < 1.29 is 19.5 Å². The number of carboxylic acids is 1. The normalized spacial score (nSPS) is 19.9. The van der Waals surface area contributed by atoms with E-state index in [1.807, 2.05) is 0 Å². The summed E-state index contributed by atoms with van der Waals surface area (Å²) in [5, 5.41) is 11.1. The van der Waals surface area contributed by atoms with E-state index in [-0.39, 0.29) is 29.4 Å². The van der Waals surface area contributed by atoms with Gasteiger partial charge in [-0.3, -0.25) is 14.4 Å². The maximum atomic E-state index is 11.3. The van der Waals surface area contributed by atoms with Crippen LogP contribution in [0.25, 0.3) is 0 Å². The zero-order valence-electron chi connectivity index (χ0n) is 8.93. The molecule has 0 spiro atoms. The topological polar surface area (TPSA) is 86.7 Å². The molecule has 0 aromatic rings. The summed E-state index contributed by atoms with van der Waals surface area (Å²) in [5.41, 5.74) is 0. The van der Waals surface area contributed by atoms with Crippen LogP contribution in [0, 0.1) is 0 Å². The van der Waals surface area contributed by atoms with Crippen molar-refractivity contribution >= 4 is 29.5 Å². The molecule has 6 nitrogen and oxygen atoms in total. The van der Waals surface area contributed by atoms with Gasteiger partial charge in [-0.05, 0) is 0 Å². The summed E-state index contributed by atoms with van der Waals surface area (Å²) in [6, 6.07) is -0.143. The first-order valence-corrected chi connectivity index (χ1v) is 5.97. The molecule has 0 aromatic carbocycles. The van der Waals surface area contributed by atoms with Crippen molar-refractivity contribution in [1.29, 1.82) is 0 Å². The van der Waals surface area contributed by atoms with Crippen LogP contribution in [-0.2, 0) is 14.4 Å². The summed E-state index contributed by atoms with van der Waals surface area (Å²) in [4.78, 5) is 34.3. The van der Waals surface area contributed by atoms with E-state index >= 15 is 0 Å². The Morgan fingerprint density at radius 1 is 1.56 bits per heavy atom. The van der Waals surface area contributed by atoms with Gasteiger partial charge in [0.2, 0.25) is 11.8 Å². The molecular weight excluding hydrogens is 232 g/mol. The quantitative estimate of drug-likeness (QED) is 0.660. The fraction of sp³-hybridized carbons (Fsp3) is 0.667. The van der Waals surface area contributed by atoms with Gasteiger partial charge in [-0.2, -0.15) is 0 Å². The van der Waals surface area contributed by atoms with Crippen LogP contribution in [-0.4, -0.2) is 58.9 Å². The summed E-state index contributed by atoms with van der Waals surface area (Å²) in [7, 11) is 1.69. The molecule has 0 bridgehead atoms. The number of carbonyl (C=O) groups is 3. The van der Waals surface area contributed by atoms with E-state index in [1.54, 1.807) is 11.9 Å². The lowest BCUT2D eigenvalue weighted by Gasteiger charge is -2.11. The number of nitrogens with one attached hydrogen (secondary N) is 1. The SMILES string of the molecule is CN1CC(NC(=O)CSCC(=O)O)CC1=O. The van der Waals surface area contributed by atoms with Crippen molar-refractivity contribution in [3.8, 4) is 0 Å². The summed E-state index contributed by atoms with van der Waals surface area (Å²) in [6.45, 7) is 0.522. The Morgan fingerprint density at radius 3 is 2.75 bits per heavy atom. The number of rotatable bonds is 5. The number of likely N-dealkylation sites (tertiary alicyclic amines) is 1. The van der Waals surface area contributed by atoms with Gasteiger partial charge in [-0.15, -0.1) is 11.8 Å². The first-order valence-electron chi connectivity index (χ1n) is 4.82. The minimum atomic E-state index is -0.937. The first-order chi connectivity index (χ1) is 7.49. The van der Waals surface area contributed by atoms with Crippen LogP contribution < -0.4 is 5.32 Å². The van der Waals surface area contributed by atoms with Crippen LogP contribution in [0.5, 0.6) is 0 Å². The highest BCUT2D eigenvalue weighted by Gasteiger charge is 2.27. The average molecular weight is 246 g/mol. The Balaban J connectivity index is 2.20. The molecule has 1 aliphatic heterocycles. The van der Waals surface area contributed by atoms with E-state index in [0.29, 0.717) is 13.0 Å². The van der Waals surface area contributed by atoms with Crippen molar-refractivity contribution in [2.24, 2.45) is 0 Å². The van der Waals surface area contributed by atoms with Gasteiger partial charge in [0.25, 0.3) is 0 Å². The molecule has 1 fully saturated rings. The van der Waals surface area contributed by atoms with Gasteiger partial charge >= 0.3 is 5.97 Å². The Bertz CT molecular complexity index is 308. The van der Waals surface area contributed by atoms with E-state index in [0.717, 1.165) is 11.8 Å². The summed E-state index contributed by atoms with van der Waals surface area (Å²) in [6.07, 6.45) is 0.325. The molecule has 2 N–H and O–H groups in total. The van der Waals surface area contributed by atoms with Crippen LogP contribution in [0.2, 0.25) is 0 Å². The first kappa shape index (κ1) is 12.8. The van der Waals surface area contributed by atoms with Gasteiger partial charge < -0.3 is 15.3 Å². The number of hydrogen-bond acceptors (Lipinski definition) is 4. The molecule has 0 aliphatic carbocycles. The lowest BCUT2D eigenvalue weighted by atomic mass is 10.2. The third-order valence-corrected chi connectivity index (χ3v) is 3.08. The molecule has 1 aliphatic rings. The van der Waals surface area contributed by atoms with Gasteiger partial charge in [-0.1, -0.05) is 0 Å². The molecule has 2 amide bonds. The number of carbonyl (C=O) groups excluding carboxylic acids is 2. The Hall–Kier alpha value is -1.24. The maximum Gasteiger partial charge on any atom is 0.313 e. The largest absolute Gasteiger partial charge is 0.481 e. The standard InChI is InChI=1S/C9H14N2O4S/c1-11-3-6(2-8(11)13)10-7(12)4-16-5-9(14)15/h6H,2-5H2,1H3,(H,10,12)(H,14,15). The van der Waals surface area contributed by atoms with Crippen molar-refractivity contribution in [3.05, 3.63) is 0 Å². The van der Waals surface area contributed by atoms with E-state index in [9.17, 15) is 14.4 Å². The van der Waals surface area contributed by atoms with Crippen molar-refractivity contribution in [3.63, 3.8) is 0 Å². The van der Waals surface area contributed by atoms with Gasteiger partial charge in [0.05, 0.1) is 17.5 Å². The molecule has 0 aromatic heterocycles. The number of amides is 2. The number of nitrogens with zero attached hydrogens (tertiary/aromatic N) is 1. The summed E-state index contributed by atoms with van der Waals surface area (Å²) < 4.78 is 0. The van der Waals surface area contributed by atoms with Gasteiger partial charge in [-0.25, -0.2) is 0 Å². The van der Waals surface area contributed by atoms with Gasteiger partial charge in [0.15, 0.2) is 0 Å². The van der Waals surface area contributed by atoms with Crippen LogP contribution in [0.1, 0.15) is 6.42 Å². The molecule has 1 rings (SSSR count). The highest BCUT2D eigenvalue weighted by atomic mass is 32.2. The molecule has 0 radical (unpaired) electrons. The van der Waals surface area contributed by atoms with Crippen molar-refractivity contribution in [2.45, 2.75) is 12.5 Å². The number of aliphatic carboxylic acids is 1. The fourth-order valence-corrected chi connectivity index (χ4v) is 2.01. The third kappa shape index (κ3) is 4.09. The van der Waals surface area contributed by atoms with Crippen molar-refractivity contribution in [1.82, 2.24) is 10.2 Å². The third-order valence-electron chi connectivity index (χ3n) is 2.16. The second kappa shape index (κ2) is 5.74. The Kier molecular flexibility index (Phi) is 4.60. The molecule has 1 unspecified atom stereocenters. The van der Waals surface area contributed by atoms with Crippen LogP contribution >= 0.6 is 11.8 Å². The zero-order chi connectivity index (χ0) is 12.1. The zero-order valence-corrected chi connectivity index (χ0v) is 9.75. The van der Waals surface area contributed by atoms with E-state index < -0.39 is 5.97 Å². The molecule has 1 atom stereocenters. The summed E-state index contributed by atoms with van der Waals surface area (Å²) >= 11 is 1.04. The molecule has 0 saturated carbocycles. The van der Waals surface area contributed by atoms with Gasteiger partial charge in [0.1, 0.15) is 0 Å². The molecular formula is C9H14N2O4S. The fourth-order valence-electron chi connectivity index (χ4n) is 1.46. The molecule has 90 valence electrons. The van der Waals surface area contributed by atoms with E-state index in [2.05, 4.69) is 5.32 Å². The minimum Gasteiger partial charge on any atom is -0.481 e. The Labute approximate surface area is 97.4 Å². The summed E-state index contributed by atoms with van der Waals surface area (Å²) in [5.74, 6) is -1.12. The van der Waals surface area contributed by atoms with Crippen molar-refractivity contribution in [2.75, 3.05) is 25.1 Å². The average Bonchev–Trinajstić information content (AvgIpc) is 2.44. The van der Waals surface area contributed by atoms with E-state index in [1.165, 1.54) is 0 Å². The van der Waals surface area contributed by atoms with Gasteiger partial charge in [0, 0.05) is 20.0 Å².